The van der Waals surface area contributed by atoms with Crippen LogP contribution in [0.2, 0.25) is 0 Å². The maximum Gasteiger partial charge on any atom is 0.254 e. The minimum Gasteiger partial charge on any atom is -0.381 e. The quantitative estimate of drug-likeness (QED) is 0.794. The van der Waals surface area contributed by atoms with E-state index >= 15 is 0 Å². The van der Waals surface area contributed by atoms with Gasteiger partial charge in [0.25, 0.3) is 5.91 Å². The Balaban J connectivity index is 1.36. The Bertz CT molecular complexity index is 802. The van der Waals surface area contributed by atoms with Gasteiger partial charge in [-0.2, -0.15) is 0 Å². The Morgan fingerprint density at radius 2 is 1.96 bits per heavy atom. The van der Waals surface area contributed by atoms with E-state index in [1.165, 1.54) is 6.42 Å². The number of tetrazole rings is 1. The zero-order chi connectivity index (χ0) is 17.5. The second-order valence-corrected chi connectivity index (χ2v) is 7.75. The minimum atomic E-state index is 0.110. The van der Waals surface area contributed by atoms with E-state index in [0.29, 0.717) is 29.2 Å². The Morgan fingerprint density at radius 3 is 2.85 bits per heavy atom. The Kier molecular flexibility index (Phi) is 4.09. The number of rotatable bonds is 2. The molecule has 8 nitrogen and oxygen atoms in total. The molecule has 8 heteroatoms. The number of hydrogen-bond donors (Lipinski definition) is 0. The fourth-order valence-corrected chi connectivity index (χ4v) is 4.75. The molecule has 6 heterocycles. The molecule has 2 aromatic heterocycles. The van der Waals surface area contributed by atoms with Gasteiger partial charge in [-0.05, 0) is 54.2 Å². The fraction of sp³-hybridized carbons (Fsp3) is 0.667. The number of ether oxygens (including phenoxy) is 1. The van der Waals surface area contributed by atoms with Crippen molar-refractivity contribution in [2.75, 3.05) is 32.8 Å². The van der Waals surface area contributed by atoms with Crippen molar-refractivity contribution in [3.8, 4) is 0 Å². The molecule has 2 atom stereocenters. The highest BCUT2D eigenvalue weighted by Crippen LogP contribution is 2.31. The molecule has 0 spiro atoms. The van der Waals surface area contributed by atoms with Crippen molar-refractivity contribution in [2.45, 2.75) is 37.8 Å². The van der Waals surface area contributed by atoms with Crippen LogP contribution in [-0.2, 0) is 4.74 Å². The molecule has 6 rings (SSSR count). The normalized spacial score (nSPS) is 27.8. The van der Waals surface area contributed by atoms with Crippen LogP contribution in [0.15, 0.2) is 18.3 Å². The van der Waals surface area contributed by atoms with Gasteiger partial charge < -0.3 is 9.64 Å². The van der Waals surface area contributed by atoms with Crippen LogP contribution in [0.5, 0.6) is 0 Å². The average molecular weight is 356 g/mol. The van der Waals surface area contributed by atoms with Gasteiger partial charge in [0, 0.05) is 56.7 Å². The van der Waals surface area contributed by atoms with Crippen LogP contribution in [0.25, 0.3) is 5.65 Å². The van der Waals surface area contributed by atoms with E-state index in [1.807, 2.05) is 6.07 Å². The summed E-state index contributed by atoms with van der Waals surface area (Å²) in [6.07, 6.45) is 6.31. The molecule has 0 unspecified atom stereocenters. The predicted octanol–water partition coefficient (Wildman–Crippen LogP) is 0.840. The number of aromatic nitrogens is 4. The first-order valence-electron chi connectivity index (χ1n) is 9.58. The molecule has 2 aromatic rings. The van der Waals surface area contributed by atoms with E-state index in [-0.39, 0.29) is 5.91 Å². The maximum absolute atomic E-state index is 13.2. The topological polar surface area (TPSA) is 75.9 Å². The summed E-state index contributed by atoms with van der Waals surface area (Å²) in [4.78, 5) is 17.9. The second-order valence-electron chi connectivity index (χ2n) is 7.75. The van der Waals surface area contributed by atoms with Gasteiger partial charge >= 0.3 is 0 Å². The van der Waals surface area contributed by atoms with Crippen molar-refractivity contribution in [1.82, 2.24) is 29.8 Å². The average Bonchev–Trinajstić information content (AvgIpc) is 2.97. The van der Waals surface area contributed by atoms with E-state index in [1.54, 1.807) is 16.8 Å². The van der Waals surface area contributed by atoms with Gasteiger partial charge in [0.2, 0.25) is 0 Å². The lowest BCUT2D eigenvalue weighted by atomic mass is 9.94. The smallest absolute Gasteiger partial charge is 0.254 e. The summed E-state index contributed by atoms with van der Waals surface area (Å²) in [5, 5.41) is 11.5. The van der Waals surface area contributed by atoms with Crippen molar-refractivity contribution < 1.29 is 9.53 Å². The summed E-state index contributed by atoms with van der Waals surface area (Å²) < 4.78 is 7.11. The van der Waals surface area contributed by atoms with E-state index in [9.17, 15) is 4.79 Å². The second kappa shape index (κ2) is 6.59. The first-order valence-corrected chi connectivity index (χ1v) is 9.58. The molecule has 4 aliphatic rings. The van der Waals surface area contributed by atoms with Crippen molar-refractivity contribution in [2.24, 2.45) is 5.92 Å². The lowest BCUT2D eigenvalue weighted by Gasteiger charge is -2.37. The number of fused-ring (bicyclic) bond motifs is 5. The van der Waals surface area contributed by atoms with Crippen LogP contribution in [0.1, 0.15) is 36.0 Å². The summed E-state index contributed by atoms with van der Waals surface area (Å²) in [6, 6.07) is 4.52. The zero-order valence-electron chi connectivity index (χ0n) is 14.8. The molecule has 1 amide bonds. The van der Waals surface area contributed by atoms with Gasteiger partial charge in [-0.15, -0.1) is 5.10 Å². The number of amides is 1. The highest BCUT2D eigenvalue weighted by atomic mass is 16.5. The summed E-state index contributed by atoms with van der Waals surface area (Å²) >= 11 is 0. The molecule has 4 aliphatic heterocycles. The number of piperidine rings is 1. The van der Waals surface area contributed by atoms with E-state index in [2.05, 4.69) is 25.3 Å². The lowest BCUT2D eigenvalue weighted by Crippen LogP contribution is -2.48. The standard InChI is InChI=1S/C18H24N6O2/c25-18(14-3-6-24-17(9-14)19-20-21-24)23-11-13-1-2-16(23)12-22(10-13)15-4-7-26-8-5-15/h3,6,9,13,15-16H,1-2,4-5,7-8,10-12H2/t13-,16+/m0/s1. The first-order chi connectivity index (χ1) is 12.8. The summed E-state index contributed by atoms with van der Waals surface area (Å²) in [7, 11) is 0. The van der Waals surface area contributed by atoms with Crippen molar-refractivity contribution in [3.63, 3.8) is 0 Å². The van der Waals surface area contributed by atoms with Crippen molar-refractivity contribution in [1.29, 1.82) is 0 Å². The molecule has 4 saturated heterocycles. The number of carbonyl (C=O) groups excluding carboxylic acids is 1. The van der Waals surface area contributed by atoms with E-state index in [0.717, 1.165) is 52.1 Å². The van der Waals surface area contributed by atoms with Gasteiger partial charge in [-0.3, -0.25) is 9.69 Å². The Morgan fingerprint density at radius 1 is 1.08 bits per heavy atom. The van der Waals surface area contributed by atoms with Crippen molar-refractivity contribution >= 4 is 11.6 Å². The highest BCUT2D eigenvalue weighted by Gasteiger charge is 2.39. The molecule has 0 radical (unpaired) electrons. The molecule has 2 bridgehead atoms. The third-order valence-corrected chi connectivity index (χ3v) is 6.15. The molecule has 0 saturated carbocycles. The molecule has 0 aliphatic carbocycles. The van der Waals surface area contributed by atoms with Crippen molar-refractivity contribution in [3.05, 3.63) is 23.9 Å². The van der Waals surface area contributed by atoms with Gasteiger partial charge in [0.05, 0.1) is 0 Å². The maximum atomic E-state index is 13.2. The third-order valence-electron chi connectivity index (χ3n) is 6.15. The van der Waals surface area contributed by atoms with E-state index in [4.69, 9.17) is 4.74 Å². The molecule has 138 valence electrons. The van der Waals surface area contributed by atoms with Gasteiger partial charge in [0.15, 0.2) is 5.65 Å². The Hall–Kier alpha value is -2.06. The molecule has 0 N–H and O–H groups in total. The lowest BCUT2D eigenvalue weighted by molar-refractivity contribution is 0.0304. The van der Waals surface area contributed by atoms with E-state index < -0.39 is 0 Å². The van der Waals surface area contributed by atoms with Crippen LogP contribution in [0, 0.1) is 5.92 Å². The first kappa shape index (κ1) is 16.1. The highest BCUT2D eigenvalue weighted by molar-refractivity contribution is 5.95. The molecular weight excluding hydrogens is 332 g/mol. The molecular formula is C18H24N6O2. The number of pyridine rings is 1. The SMILES string of the molecule is O=C(c1ccn2nnnc2c1)N1C[C@H]2CC[C@@H]1CN(C1CCOCC1)C2. The van der Waals surface area contributed by atoms with Gasteiger partial charge in [-0.1, -0.05) is 0 Å². The van der Waals surface area contributed by atoms with Crippen LogP contribution in [0.3, 0.4) is 0 Å². The fourth-order valence-electron chi connectivity index (χ4n) is 4.75. The van der Waals surface area contributed by atoms with Gasteiger partial charge in [0.1, 0.15) is 0 Å². The number of nitrogens with zero attached hydrogens (tertiary/aromatic N) is 6. The monoisotopic (exact) mass is 356 g/mol. The van der Waals surface area contributed by atoms with Crippen LogP contribution in [-0.4, -0.2) is 80.7 Å². The molecule has 0 aromatic carbocycles. The van der Waals surface area contributed by atoms with Crippen LogP contribution >= 0.6 is 0 Å². The van der Waals surface area contributed by atoms with Crippen LogP contribution in [0.4, 0.5) is 0 Å². The minimum absolute atomic E-state index is 0.110. The number of hydrogen-bond acceptors (Lipinski definition) is 6. The third kappa shape index (κ3) is 2.87. The number of carbonyl (C=O) groups is 1. The zero-order valence-corrected chi connectivity index (χ0v) is 14.8. The molecule has 26 heavy (non-hydrogen) atoms. The Labute approximate surface area is 152 Å². The predicted molar refractivity (Wildman–Crippen MR) is 93.7 cm³/mol. The summed E-state index contributed by atoms with van der Waals surface area (Å²) in [6.45, 7) is 4.69. The largest absolute Gasteiger partial charge is 0.381 e. The summed E-state index contributed by atoms with van der Waals surface area (Å²) in [5.74, 6) is 0.679. The van der Waals surface area contributed by atoms with Crippen LogP contribution < -0.4 is 0 Å². The van der Waals surface area contributed by atoms with Gasteiger partial charge in [-0.25, -0.2) is 4.52 Å². The summed E-state index contributed by atoms with van der Waals surface area (Å²) in [5.41, 5.74) is 1.29. The molecule has 4 fully saturated rings.